The Hall–Kier alpha value is -1.96. The van der Waals surface area contributed by atoms with Crippen LogP contribution in [0.4, 0.5) is 5.69 Å². The van der Waals surface area contributed by atoms with Gasteiger partial charge in [0.15, 0.2) is 0 Å². The van der Waals surface area contributed by atoms with Crippen LogP contribution in [-0.4, -0.2) is 7.11 Å². The minimum absolute atomic E-state index is 0.864. The summed E-state index contributed by atoms with van der Waals surface area (Å²) in [6.07, 6.45) is 6.14. The minimum atomic E-state index is 0.864. The number of methoxy groups -OCH3 is 1. The zero-order valence-electron chi connectivity index (χ0n) is 9.60. The summed E-state index contributed by atoms with van der Waals surface area (Å²) in [4.78, 5) is 2.06. The SMILES string of the molecule is C=C1C=CC(C)=CN1c1ccc(OC)cc1. The number of allylic oxidation sites excluding steroid dienone is 3. The number of hydrogen-bond acceptors (Lipinski definition) is 2. The predicted molar refractivity (Wildman–Crippen MR) is 67.5 cm³/mol. The number of anilines is 1. The average Bonchev–Trinajstić information content (AvgIpc) is 2.32. The molecule has 0 unspecified atom stereocenters. The highest BCUT2D eigenvalue weighted by atomic mass is 16.5. The molecule has 2 heteroatoms. The third-order valence-electron chi connectivity index (χ3n) is 2.53. The van der Waals surface area contributed by atoms with Gasteiger partial charge in [-0.25, -0.2) is 0 Å². The fourth-order valence-corrected chi connectivity index (χ4v) is 1.62. The molecule has 16 heavy (non-hydrogen) atoms. The molecule has 82 valence electrons. The Bertz CT molecular complexity index is 454. The molecule has 1 aliphatic rings. The highest BCUT2D eigenvalue weighted by Crippen LogP contribution is 2.26. The van der Waals surface area contributed by atoms with Crippen molar-refractivity contribution in [2.24, 2.45) is 0 Å². The predicted octanol–water partition coefficient (Wildman–Crippen LogP) is 3.49. The van der Waals surface area contributed by atoms with Crippen molar-refractivity contribution in [1.29, 1.82) is 0 Å². The van der Waals surface area contributed by atoms with E-state index in [9.17, 15) is 0 Å². The molecule has 1 aromatic rings. The van der Waals surface area contributed by atoms with E-state index >= 15 is 0 Å². The van der Waals surface area contributed by atoms with Crippen LogP contribution in [0.1, 0.15) is 6.92 Å². The van der Waals surface area contributed by atoms with Crippen LogP contribution in [0.25, 0.3) is 0 Å². The van der Waals surface area contributed by atoms with Crippen LogP contribution in [-0.2, 0) is 0 Å². The first-order valence-corrected chi connectivity index (χ1v) is 5.19. The molecule has 0 radical (unpaired) electrons. The summed E-state index contributed by atoms with van der Waals surface area (Å²) in [6.45, 7) is 6.08. The molecule has 1 aromatic carbocycles. The minimum Gasteiger partial charge on any atom is -0.497 e. The number of hydrogen-bond donors (Lipinski definition) is 0. The maximum absolute atomic E-state index is 5.13. The molecule has 0 N–H and O–H groups in total. The van der Waals surface area contributed by atoms with Gasteiger partial charge in [0.2, 0.25) is 0 Å². The van der Waals surface area contributed by atoms with Crippen molar-refractivity contribution < 1.29 is 4.74 Å². The van der Waals surface area contributed by atoms with Crippen LogP contribution in [0.2, 0.25) is 0 Å². The third-order valence-corrected chi connectivity index (χ3v) is 2.53. The molecular weight excluding hydrogens is 198 g/mol. The number of nitrogens with zero attached hydrogens (tertiary/aromatic N) is 1. The Morgan fingerprint density at radius 1 is 1.12 bits per heavy atom. The lowest BCUT2D eigenvalue weighted by Crippen LogP contribution is -2.15. The van der Waals surface area contributed by atoms with Gasteiger partial charge in [0.05, 0.1) is 7.11 Å². The molecular formula is C14H15NO. The summed E-state index contributed by atoms with van der Waals surface area (Å²) in [7, 11) is 1.67. The smallest absolute Gasteiger partial charge is 0.119 e. The van der Waals surface area contributed by atoms with Gasteiger partial charge in [0, 0.05) is 17.6 Å². The van der Waals surface area contributed by atoms with Crippen molar-refractivity contribution in [2.75, 3.05) is 12.0 Å². The van der Waals surface area contributed by atoms with Crippen LogP contribution < -0.4 is 9.64 Å². The van der Waals surface area contributed by atoms with E-state index in [1.54, 1.807) is 7.11 Å². The summed E-state index contributed by atoms with van der Waals surface area (Å²) in [5.74, 6) is 0.864. The van der Waals surface area contributed by atoms with Gasteiger partial charge in [0.25, 0.3) is 0 Å². The fourth-order valence-electron chi connectivity index (χ4n) is 1.62. The maximum Gasteiger partial charge on any atom is 0.119 e. The van der Waals surface area contributed by atoms with Gasteiger partial charge in [-0.05, 0) is 42.8 Å². The molecule has 0 bridgehead atoms. The second-order valence-corrected chi connectivity index (χ2v) is 3.77. The Labute approximate surface area is 96.1 Å². The molecule has 0 saturated carbocycles. The summed E-state index contributed by atoms with van der Waals surface area (Å²) >= 11 is 0. The highest BCUT2D eigenvalue weighted by molar-refractivity contribution is 5.61. The molecule has 2 rings (SSSR count). The fraction of sp³-hybridized carbons (Fsp3) is 0.143. The largest absolute Gasteiger partial charge is 0.497 e. The molecule has 0 fully saturated rings. The lowest BCUT2D eigenvalue weighted by atomic mass is 10.1. The zero-order chi connectivity index (χ0) is 11.5. The number of benzene rings is 1. The van der Waals surface area contributed by atoms with Gasteiger partial charge in [-0.15, -0.1) is 0 Å². The van der Waals surface area contributed by atoms with Crippen molar-refractivity contribution in [3.63, 3.8) is 0 Å². The van der Waals surface area contributed by atoms with Gasteiger partial charge in [0.1, 0.15) is 5.75 Å². The molecule has 0 aliphatic carbocycles. The van der Waals surface area contributed by atoms with Crippen molar-refractivity contribution >= 4 is 5.69 Å². The molecule has 0 amide bonds. The van der Waals surface area contributed by atoms with Crippen molar-refractivity contribution in [3.8, 4) is 5.75 Å². The second kappa shape index (κ2) is 4.27. The van der Waals surface area contributed by atoms with Crippen LogP contribution in [0, 0.1) is 0 Å². The van der Waals surface area contributed by atoms with E-state index in [0.717, 1.165) is 17.1 Å². The lowest BCUT2D eigenvalue weighted by molar-refractivity contribution is 0.415. The topological polar surface area (TPSA) is 12.5 Å². The van der Waals surface area contributed by atoms with E-state index in [2.05, 4.69) is 30.7 Å². The van der Waals surface area contributed by atoms with Crippen molar-refractivity contribution in [3.05, 3.63) is 60.5 Å². The third kappa shape index (κ3) is 2.01. The molecule has 0 aromatic heterocycles. The second-order valence-electron chi connectivity index (χ2n) is 3.77. The van der Waals surface area contributed by atoms with Crippen LogP contribution in [0.3, 0.4) is 0 Å². The van der Waals surface area contributed by atoms with Gasteiger partial charge >= 0.3 is 0 Å². The van der Waals surface area contributed by atoms with E-state index in [-0.39, 0.29) is 0 Å². The molecule has 0 spiro atoms. The highest BCUT2D eigenvalue weighted by Gasteiger charge is 2.09. The van der Waals surface area contributed by atoms with E-state index in [0.29, 0.717) is 0 Å². The molecule has 1 aliphatic heterocycles. The van der Waals surface area contributed by atoms with Gasteiger partial charge in [-0.1, -0.05) is 12.7 Å². The van der Waals surface area contributed by atoms with Gasteiger partial charge < -0.3 is 9.64 Å². The Kier molecular flexibility index (Phi) is 2.82. The number of ether oxygens (including phenoxy) is 1. The zero-order valence-corrected chi connectivity index (χ0v) is 9.60. The normalized spacial score (nSPS) is 15.0. The van der Waals surface area contributed by atoms with E-state index in [4.69, 9.17) is 4.74 Å². The van der Waals surface area contributed by atoms with E-state index < -0.39 is 0 Å². The first-order chi connectivity index (χ1) is 7.70. The average molecular weight is 213 g/mol. The summed E-state index contributed by atoms with van der Waals surface area (Å²) < 4.78 is 5.13. The standard InChI is InChI=1S/C14H15NO/c1-11-4-5-12(2)15(10-11)13-6-8-14(16-3)9-7-13/h4-10H,2H2,1,3H3. The molecule has 2 nitrogen and oxygen atoms in total. The Morgan fingerprint density at radius 3 is 2.44 bits per heavy atom. The summed E-state index contributed by atoms with van der Waals surface area (Å²) in [5, 5.41) is 0. The molecule has 0 atom stereocenters. The first-order valence-electron chi connectivity index (χ1n) is 5.19. The van der Waals surface area contributed by atoms with E-state index in [1.165, 1.54) is 5.57 Å². The van der Waals surface area contributed by atoms with Gasteiger partial charge in [-0.2, -0.15) is 0 Å². The Morgan fingerprint density at radius 2 is 1.81 bits per heavy atom. The maximum atomic E-state index is 5.13. The van der Waals surface area contributed by atoms with Crippen molar-refractivity contribution in [2.45, 2.75) is 6.92 Å². The van der Waals surface area contributed by atoms with Crippen LogP contribution >= 0.6 is 0 Å². The monoisotopic (exact) mass is 213 g/mol. The van der Waals surface area contributed by atoms with Crippen molar-refractivity contribution in [1.82, 2.24) is 0 Å². The number of rotatable bonds is 2. The van der Waals surface area contributed by atoms with Gasteiger partial charge in [-0.3, -0.25) is 0 Å². The first kappa shape index (κ1) is 10.6. The molecule has 0 saturated heterocycles. The summed E-state index contributed by atoms with van der Waals surface area (Å²) in [6, 6.07) is 7.94. The lowest BCUT2D eigenvalue weighted by Gasteiger charge is -2.24. The molecule has 1 heterocycles. The Balaban J connectivity index is 2.30. The van der Waals surface area contributed by atoms with Crippen LogP contribution in [0.15, 0.2) is 60.5 Å². The summed E-state index contributed by atoms with van der Waals surface area (Å²) in [5.41, 5.74) is 3.27. The van der Waals surface area contributed by atoms with E-state index in [1.807, 2.05) is 30.3 Å². The van der Waals surface area contributed by atoms with Crippen LogP contribution in [0.5, 0.6) is 5.75 Å². The quantitative estimate of drug-likeness (QED) is 0.745.